The molecule has 1 aliphatic heterocycles. The van der Waals surface area contributed by atoms with E-state index in [4.69, 9.17) is 4.74 Å². The van der Waals surface area contributed by atoms with Gasteiger partial charge in [-0.2, -0.15) is 4.31 Å². The van der Waals surface area contributed by atoms with Gasteiger partial charge in [-0.25, -0.2) is 13.4 Å². The molecule has 0 atom stereocenters. The lowest BCUT2D eigenvalue weighted by molar-refractivity contribution is -0.116. The lowest BCUT2D eigenvalue weighted by Crippen LogP contribution is -2.40. The van der Waals surface area contributed by atoms with Crippen molar-refractivity contribution >= 4 is 43.2 Å². The van der Waals surface area contributed by atoms with Gasteiger partial charge in [-0.3, -0.25) is 14.2 Å². The predicted molar refractivity (Wildman–Crippen MR) is 143 cm³/mol. The van der Waals surface area contributed by atoms with E-state index in [1.54, 1.807) is 0 Å². The second-order valence-corrected chi connectivity index (χ2v) is 11.7. The molecule has 4 aromatic rings. The number of hydrogen-bond donors (Lipinski definition) is 1. The van der Waals surface area contributed by atoms with E-state index in [0.29, 0.717) is 42.2 Å². The van der Waals surface area contributed by atoms with E-state index in [9.17, 15) is 18.0 Å². The Morgan fingerprint density at radius 1 is 1.08 bits per heavy atom. The molecule has 1 saturated heterocycles. The van der Waals surface area contributed by atoms with Crippen LogP contribution in [-0.4, -0.2) is 54.5 Å². The fourth-order valence-electron chi connectivity index (χ4n) is 4.40. The minimum absolute atomic E-state index is 0.148. The Hall–Kier alpha value is -3.38. The maximum atomic E-state index is 13.3. The Labute approximate surface area is 218 Å². The molecule has 0 saturated carbocycles. The Bertz CT molecular complexity index is 1640. The summed E-state index contributed by atoms with van der Waals surface area (Å²) in [5, 5.41) is 5.14. The van der Waals surface area contributed by atoms with E-state index in [0.717, 1.165) is 22.3 Å². The number of aryl methyl sites for hydroxylation is 2. The molecule has 5 rings (SSSR count). The molecule has 37 heavy (non-hydrogen) atoms. The molecule has 192 valence electrons. The fraction of sp³-hybridized carbons (Fsp3) is 0.269. The van der Waals surface area contributed by atoms with Crippen molar-refractivity contribution in [1.29, 1.82) is 0 Å². The number of anilines is 1. The Kier molecular flexibility index (Phi) is 6.95. The summed E-state index contributed by atoms with van der Waals surface area (Å²) < 4.78 is 33.5. The van der Waals surface area contributed by atoms with Crippen molar-refractivity contribution in [2.45, 2.75) is 25.3 Å². The van der Waals surface area contributed by atoms with E-state index >= 15 is 0 Å². The largest absolute Gasteiger partial charge is 0.379 e. The summed E-state index contributed by atoms with van der Waals surface area (Å²) in [7, 11) is -3.62. The predicted octanol–water partition coefficient (Wildman–Crippen LogP) is 3.40. The number of hydrogen-bond acceptors (Lipinski definition) is 7. The van der Waals surface area contributed by atoms with Crippen LogP contribution in [-0.2, 0) is 26.1 Å². The Balaban J connectivity index is 1.34. The molecule has 1 N–H and O–H groups in total. The second-order valence-electron chi connectivity index (χ2n) is 8.91. The van der Waals surface area contributed by atoms with Crippen molar-refractivity contribution in [2.24, 2.45) is 0 Å². The van der Waals surface area contributed by atoms with Crippen molar-refractivity contribution in [3.63, 3.8) is 0 Å². The molecule has 1 fully saturated rings. The SMILES string of the molecule is Cc1ccc(-c2csc3ncn(CC(=O)Nc4ccc(S(=O)(=O)N5CCOCC5)cc4)c(=O)c23)c(C)c1. The number of nitrogens with one attached hydrogen (secondary N) is 1. The highest BCUT2D eigenvalue weighted by Crippen LogP contribution is 2.33. The van der Waals surface area contributed by atoms with Crippen LogP contribution in [0.3, 0.4) is 0 Å². The first-order valence-corrected chi connectivity index (χ1v) is 14.1. The Morgan fingerprint density at radius 3 is 2.51 bits per heavy atom. The fourth-order valence-corrected chi connectivity index (χ4v) is 6.70. The van der Waals surface area contributed by atoms with Crippen LogP contribution in [0.5, 0.6) is 0 Å². The lowest BCUT2D eigenvalue weighted by atomic mass is 9.99. The maximum absolute atomic E-state index is 13.3. The molecule has 0 aliphatic carbocycles. The summed E-state index contributed by atoms with van der Waals surface area (Å²) in [5.74, 6) is -0.421. The second kappa shape index (κ2) is 10.2. The monoisotopic (exact) mass is 538 g/mol. The number of sulfonamides is 1. The zero-order valence-corrected chi connectivity index (χ0v) is 22.1. The molecular weight excluding hydrogens is 512 g/mol. The third kappa shape index (κ3) is 5.08. The molecule has 2 aromatic carbocycles. The number of morpholine rings is 1. The van der Waals surface area contributed by atoms with Crippen molar-refractivity contribution in [3.8, 4) is 11.1 Å². The molecule has 11 heteroatoms. The van der Waals surface area contributed by atoms with Gasteiger partial charge >= 0.3 is 0 Å². The molecule has 0 bridgehead atoms. The van der Waals surface area contributed by atoms with E-state index in [2.05, 4.69) is 16.4 Å². The number of thiophene rings is 1. The van der Waals surface area contributed by atoms with Gasteiger partial charge in [-0.15, -0.1) is 11.3 Å². The first-order valence-electron chi connectivity index (χ1n) is 11.8. The van der Waals surface area contributed by atoms with Crippen molar-refractivity contribution < 1.29 is 17.9 Å². The lowest BCUT2D eigenvalue weighted by Gasteiger charge is -2.26. The summed E-state index contributed by atoms with van der Waals surface area (Å²) in [6.45, 7) is 5.15. The van der Waals surface area contributed by atoms with Gasteiger partial charge in [0.2, 0.25) is 15.9 Å². The summed E-state index contributed by atoms with van der Waals surface area (Å²) in [6, 6.07) is 12.1. The van der Waals surface area contributed by atoms with Crippen LogP contribution >= 0.6 is 11.3 Å². The maximum Gasteiger partial charge on any atom is 0.263 e. The number of amides is 1. The van der Waals surface area contributed by atoms with E-state index < -0.39 is 15.9 Å². The van der Waals surface area contributed by atoms with Gasteiger partial charge in [-0.1, -0.05) is 23.8 Å². The average molecular weight is 539 g/mol. The van der Waals surface area contributed by atoms with Crippen molar-refractivity contribution in [3.05, 3.63) is 75.7 Å². The number of carbonyl (C=O) groups excluding carboxylic acids is 1. The zero-order valence-electron chi connectivity index (χ0n) is 20.4. The number of aromatic nitrogens is 2. The van der Waals surface area contributed by atoms with Crippen LogP contribution in [0.25, 0.3) is 21.3 Å². The number of fused-ring (bicyclic) bond motifs is 1. The highest BCUT2D eigenvalue weighted by molar-refractivity contribution is 7.89. The number of ether oxygens (including phenoxy) is 1. The van der Waals surface area contributed by atoms with Gasteiger partial charge in [0.25, 0.3) is 5.56 Å². The van der Waals surface area contributed by atoms with Crippen LogP contribution < -0.4 is 10.9 Å². The summed E-state index contributed by atoms with van der Waals surface area (Å²) in [5.41, 5.74) is 4.11. The highest BCUT2D eigenvalue weighted by Gasteiger charge is 2.26. The van der Waals surface area contributed by atoms with Gasteiger partial charge < -0.3 is 10.1 Å². The Morgan fingerprint density at radius 2 is 1.81 bits per heavy atom. The van der Waals surface area contributed by atoms with Gasteiger partial charge in [0, 0.05) is 29.7 Å². The first kappa shape index (κ1) is 25.3. The molecule has 3 heterocycles. The molecule has 1 aliphatic rings. The number of benzene rings is 2. The molecule has 9 nitrogen and oxygen atoms in total. The first-order chi connectivity index (χ1) is 17.7. The minimum atomic E-state index is -3.62. The van der Waals surface area contributed by atoms with Gasteiger partial charge in [0.15, 0.2) is 0 Å². The van der Waals surface area contributed by atoms with Crippen LogP contribution in [0.15, 0.2) is 63.9 Å². The van der Waals surface area contributed by atoms with Crippen LogP contribution in [0, 0.1) is 13.8 Å². The topological polar surface area (TPSA) is 111 Å². The molecular formula is C26H26N4O5S2. The number of nitrogens with zero attached hydrogens (tertiary/aromatic N) is 3. The van der Waals surface area contributed by atoms with Crippen LogP contribution in [0.2, 0.25) is 0 Å². The van der Waals surface area contributed by atoms with Gasteiger partial charge in [-0.05, 0) is 49.2 Å². The van der Waals surface area contributed by atoms with E-state index in [1.165, 1.54) is 50.8 Å². The number of rotatable bonds is 6. The van der Waals surface area contributed by atoms with E-state index in [1.807, 2.05) is 31.4 Å². The molecule has 2 aromatic heterocycles. The minimum Gasteiger partial charge on any atom is -0.379 e. The zero-order chi connectivity index (χ0) is 26.2. The quantitative estimate of drug-likeness (QED) is 0.403. The van der Waals surface area contributed by atoms with Crippen LogP contribution in [0.4, 0.5) is 5.69 Å². The average Bonchev–Trinajstić information content (AvgIpc) is 3.31. The third-order valence-electron chi connectivity index (χ3n) is 6.29. The molecule has 0 radical (unpaired) electrons. The van der Waals surface area contributed by atoms with E-state index in [-0.39, 0.29) is 17.0 Å². The van der Waals surface area contributed by atoms with Gasteiger partial charge in [0.1, 0.15) is 11.4 Å². The number of carbonyl (C=O) groups is 1. The highest BCUT2D eigenvalue weighted by atomic mass is 32.2. The summed E-state index contributed by atoms with van der Waals surface area (Å²) in [6.07, 6.45) is 1.38. The summed E-state index contributed by atoms with van der Waals surface area (Å²) >= 11 is 1.40. The van der Waals surface area contributed by atoms with Crippen LogP contribution in [0.1, 0.15) is 11.1 Å². The molecule has 0 spiro atoms. The third-order valence-corrected chi connectivity index (χ3v) is 9.09. The molecule has 0 unspecified atom stereocenters. The van der Waals surface area contributed by atoms with Crippen molar-refractivity contribution in [2.75, 3.05) is 31.6 Å². The smallest absolute Gasteiger partial charge is 0.263 e. The van der Waals surface area contributed by atoms with Gasteiger partial charge in [0.05, 0.1) is 29.8 Å². The normalized spacial score (nSPS) is 14.6. The van der Waals surface area contributed by atoms with Crippen molar-refractivity contribution in [1.82, 2.24) is 13.9 Å². The standard InChI is InChI=1S/C26H26N4O5S2/c1-17-3-8-21(18(2)13-17)22-15-36-25-24(22)26(32)29(16-27-25)14-23(31)28-19-4-6-20(7-5-19)37(33,34)30-9-11-35-12-10-30/h3-8,13,15-16H,9-12,14H2,1-2H3,(H,28,31). The summed E-state index contributed by atoms with van der Waals surface area (Å²) in [4.78, 5) is 31.2. The molecule has 1 amide bonds.